The lowest BCUT2D eigenvalue weighted by Gasteiger charge is -2.13. The van der Waals surface area contributed by atoms with Crippen LogP contribution in [0.2, 0.25) is 0 Å². The van der Waals surface area contributed by atoms with Gasteiger partial charge in [-0.05, 0) is 36.8 Å². The molecule has 3 N–H and O–H groups in total. The number of thiazole rings is 1. The molecule has 0 aliphatic heterocycles. The molecule has 0 radical (unpaired) electrons. The maximum Gasteiger partial charge on any atom is 0.268 e. The van der Waals surface area contributed by atoms with Crippen LogP contribution in [0.15, 0.2) is 36.5 Å². The number of aliphatic hydroxyl groups excluding tert-OH is 1. The highest BCUT2D eigenvalue weighted by atomic mass is 32.1. The summed E-state index contributed by atoms with van der Waals surface area (Å²) < 4.78 is 10.6. The first kappa shape index (κ1) is 19.9. The Bertz CT molecular complexity index is 951. The predicted octanol–water partition coefficient (Wildman–Crippen LogP) is 3.53. The second-order valence-corrected chi connectivity index (χ2v) is 7.26. The standard InChI is InChI=1S/C20H23N3O4S/c1-4-14(20-21-10-13(11-24)28-20)23-19(25)16-7-6-15(22-16)12-5-8-17(26-2)18(9-12)27-3/h5-10,14,22,24H,4,11H2,1-3H3,(H,23,25). The minimum Gasteiger partial charge on any atom is -0.493 e. The van der Waals surface area contributed by atoms with Crippen LogP contribution in [0.1, 0.15) is 39.8 Å². The third kappa shape index (κ3) is 4.18. The SMILES string of the molecule is CCC(NC(=O)c1ccc(-c2ccc(OC)c(OC)c2)[nH]1)c1ncc(CO)s1. The number of ether oxygens (including phenoxy) is 2. The number of H-pyrrole nitrogens is 1. The first-order valence-corrected chi connectivity index (χ1v) is 9.69. The zero-order valence-electron chi connectivity index (χ0n) is 16.0. The van der Waals surface area contributed by atoms with Crippen molar-refractivity contribution in [1.29, 1.82) is 0 Å². The van der Waals surface area contributed by atoms with Gasteiger partial charge in [0.15, 0.2) is 11.5 Å². The summed E-state index contributed by atoms with van der Waals surface area (Å²) in [4.78, 5) is 20.9. The van der Waals surface area contributed by atoms with Crippen LogP contribution in [-0.2, 0) is 6.61 Å². The van der Waals surface area contributed by atoms with Crippen molar-refractivity contribution in [2.75, 3.05) is 14.2 Å². The second kappa shape index (κ2) is 8.90. The van der Waals surface area contributed by atoms with Crippen molar-refractivity contribution in [3.8, 4) is 22.8 Å². The van der Waals surface area contributed by atoms with Crippen LogP contribution in [-0.4, -0.2) is 35.2 Å². The van der Waals surface area contributed by atoms with Crippen LogP contribution >= 0.6 is 11.3 Å². The zero-order chi connectivity index (χ0) is 20.1. The molecular formula is C20H23N3O4S. The minimum atomic E-state index is -0.209. The van der Waals surface area contributed by atoms with Gasteiger partial charge in [-0.25, -0.2) is 4.98 Å². The number of aromatic amines is 1. The lowest BCUT2D eigenvalue weighted by atomic mass is 10.1. The molecule has 8 heteroatoms. The molecule has 148 valence electrons. The highest BCUT2D eigenvalue weighted by Crippen LogP contribution is 2.32. The second-order valence-electron chi connectivity index (χ2n) is 6.11. The fourth-order valence-electron chi connectivity index (χ4n) is 2.83. The van der Waals surface area contributed by atoms with E-state index in [0.717, 1.165) is 21.1 Å². The van der Waals surface area contributed by atoms with Crippen molar-refractivity contribution in [2.24, 2.45) is 0 Å². The number of carbonyl (C=O) groups is 1. The van der Waals surface area contributed by atoms with Crippen LogP contribution in [0, 0.1) is 0 Å². The Morgan fingerprint density at radius 3 is 2.68 bits per heavy atom. The van der Waals surface area contributed by atoms with Gasteiger partial charge >= 0.3 is 0 Å². The Morgan fingerprint density at radius 1 is 1.25 bits per heavy atom. The van der Waals surface area contributed by atoms with Crippen LogP contribution in [0.3, 0.4) is 0 Å². The Balaban J connectivity index is 1.76. The quantitative estimate of drug-likeness (QED) is 0.537. The van der Waals surface area contributed by atoms with Crippen LogP contribution in [0.4, 0.5) is 0 Å². The Labute approximate surface area is 167 Å². The smallest absolute Gasteiger partial charge is 0.268 e. The summed E-state index contributed by atoms with van der Waals surface area (Å²) in [6.45, 7) is 1.93. The Kier molecular flexibility index (Phi) is 6.33. The fourth-order valence-corrected chi connectivity index (χ4v) is 3.74. The normalized spacial score (nSPS) is 11.9. The van der Waals surface area contributed by atoms with Crippen molar-refractivity contribution >= 4 is 17.2 Å². The van der Waals surface area contributed by atoms with Gasteiger partial charge in [-0.3, -0.25) is 4.79 Å². The van der Waals surface area contributed by atoms with Crippen LogP contribution in [0.25, 0.3) is 11.3 Å². The highest BCUT2D eigenvalue weighted by Gasteiger charge is 2.19. The van der Waals surface area contributed by atoms with E-state index in [-0.39, 0.29) is 18.6 Å². The summed E-state index contributed by atoms with van der Waals surface area (Å²) in [7, 11) is 3.17. The van der Waals surface area contributed by atoms with Gasteiger partial charge in [0.2, 0.25) is 0 Å². The fraction of sp³-hybridized carbons (Fsp3) is 0.300. The van der Waals surface area contributed by atoms with E-state index in [1.807, 2.05) is 31.2 Å². The number of hydrogen-bond acceptors (Lipinski definition) is 6. The molecule has 1 unspecified atom stereocenters. The van der Waals surface area contributed by atoms with Gasteiger partial charge in [-0.2, -0.15) is 0 Å². The average molecular weight is 401 g/mol. The lowest BCUT2D eigenvalue weighted by Crippen LogP contribution is -2.28. The van der Waals surface area contributed by atoms with Gasteiger partial charge in [0.25, 0.3) is 5.91 Å². The zero-order valence-corrected chi connectivity index (χ0v) is 16.8. The number of amides is 1. The van der Waals surface area contributed by atoms with Gasteiger partial charge in [0, 0.05) is 17.5 Å². The van der Waals surface area contributed by atoms with E-state index in [2.05, 4.69) is 15.3 Å². The molecule has 0 fully saturated rings. The number of aliphatic hydroxyl groups is 1. The van der Waals surface area contributed by atoms with E-state index in [1.54, 1.807) is 26.5 Å². The molecule has 28 heavy (non-hydrogen) atoms. The number of aromatic nitrogens is 2. The van der Waals surface area contributed by atoms with Crippen molar-refractivity contribution in [3.63, 3.8) is 0 Å². The van der Waals surface area contributed by atoms with Crippen molar-refractivity contribution in [2.45, 2.75) is 26.0 Å². The van der Waals surface area contributed by atoms with E-state index in [1.165, 1.54) is 11.3 Å². The first-order valence-electron chi connectivity index (χ1n) is 8.87. The van der Waals surface area contributed by atoms with E-state index < -0.39 is 0 Å². The topological polar surface area (TPSA) is 96.5 Å². The molecule has 2 aromatic heterocycles. The number of nitrogens with one attached hydrogen (secondary N) is 2. The maximum atomic E-state index is 12.7. The molecule has 0 saturated carbocycles. The molecule has 0 aliphatic rings. The third-order valence-corrected chi connectivity index (χ3v) is 5.46. The maximum absolute atomic E-state index is 12.7. The van der Waals surface area contributed by atoms with Gasteiger partial charge in [0.1, 0.15) is 10.7 Å². The summed E-state index contributed by atoms with van der Waals surface area (Å²) >= 11 is 1.40. The molecule has 0 saturated heterocycles. The van der Waals surface area contributed by atoms with Crippen molar-refractivity contribution in [3.05, 3.63) is 52.1 Å². The summed E-state index contributed by atoms with van der Waals surface area (Å²) in [6.07, 6.45) is 2.34. The summed E-state index contributed by atoms with van der Waals surface area (Å²) in [5.74, 6) is 1.06. The molecule has 0 bridgehead atoms. The summed E-state index contributed by atoms with van der Waals surface area (Å²) in [5, 5.41) is 13.0. The highest BCUT2D eigenvalue weighted by molar-refractivity contribution is 7.11. The van der Waals surface area contributed by atoms with Crippen LogP contribution < -0.4 is 14.8 Å². The average Bonchev–Trinajstić information content (AvgIpc) is 3.41. The van der Waals surface area contributed by atoms with Crippen LogP contribution in [0.5, 0.6) is 11.5 Å². The molecule has 2 heterocycles. The van der Waals surface area contributed by atoms with E-state index in [0.29, 0.717) is 23.6 Å². The number of hydrogen-bond donors (Lipinski definition) is 3. The molecule has 1 aromatic carbocycles. The van der Waals surface area contributed by atoms with E-state index in [4.69, 9.17) is 9.47 Å². The Morgan fingerprint density at radius 2 is 2.04 bits per heavy atom. The molecule has 3 rings (SSSR count). The molecule has 3 aromatic rings. The van der Waals surface area contributed by atoms with Gasteiger partial charge in [-0.1, -0.05) is 6.92 Å². The molecule has 0 aliphatic carbocycles. The monoisotopic (exact) mass is 401 g/mol. The number of carbonyl (C=O) groups excluding carboxylic acids is 1. The van der Waals surface area contributed by atoms with Gasteiger partial charge < -0.3 is 24.9 Å². The number of nitrogens with zero attached hydrogens (tertiary/aromatic N) is 1. The molecule has 7 nitrogen and oxygen atoms in total. The number of benzene rings is 1. The largest absolute Gasteiger partial charge is 0.493 e. The number of rotatable bonds is 8. The summed E-state index contributed by atoms with van der Waals surface area (Å²) in [5.41, 5.74) is 2.15. The molecular weight excluding hydrogens is 378 g/mol. The number of methoxy groups -OCH3 is 2. The van der Waals surface area contributed by atoms with Crippen molar-refractivity contribution in [1.82, 2.24) is 15.3 Å². The summed E-state index contributed by atoms with van der Waals surface area (Å²) in [6, 6.07) is 8.97. The Hall–Kier alpha value is -2.84. The molecule has 0 spiro atoms. The first-order chi connectivity index (χ1) is 13.6. The third-order valence-electron chi connectivity index (χ3n) is 4.36. The predicted molar refractivity (Wildman–Crippen MR) is 108 cm³/mol. The molecule has 1 atom stereocenters. The van der Waals surface area contributed by atoms with E-state index in [9.17, 15) is 9.90 Å². The lowest BCUT2D eigenvalue weighted by molar-refractivity contribution is 0.0931. The van der Waals surface area contributed by atoms with Gasteiger partial charge in [-0.15, -0.1) is 11.3 Å². The van der Waals surface area contributed by atoms with E-state index >= 15 is 0 Å². The van der Waals surface area contributed by atoms with Gasteiger partial charge in [0.05, 0.1) is 31.7 Å². The minimum absolute atomic E-state index is 0.0483. The van der Waals surface area contributed by atoms with Crippen molar-refractivity contribution < 1.29 is 19.4 Å². The molecule has 1 amide bonds.